The van der Waals surface area contributed by atoms with Gasteiger partial charge in [0.05, 0.1) is 6.04 Å². The van der Waals surface area contributed by atoms with Crippen molar-refractivity contribution in [3.8, 4) is 0 Å². The van der Waals surface area contributed by atoms with E-state index in [1.165, 1.54) is 11.1 Å². The first-order valence-electron chi connectivity index (χ1n) is 21.9. The van der Waals surface area contributed by atoms with Crippen LogP contribution in [0.15, 0.2) is 60.7 Å². The molecule has 0 saturated carbocycles. The van der Waals surface area contributed by atoms with E-state index in [-0.39, 0.29) is 35.8 Å². The van der Waals surface area contributed by atoms with E-state index in [0.29, 0.717) is 36.5 Å². The van der Waals surface area contributed by atoms with E-state index in [9.17, 15) is 19.5 Å². The lowest BCUT2D eigenvalue weighted by Gasteiger charge is -2.48. The van der Waals surface area contributed by atoms with Crippen LogP contribution in [0.4, 0.5) is 0 Å². The number of carbonyl (C=O) groups excluding carboxylic acids is 3. The Morgan fingerprint density at radius 3 is 1.96 bits per heavy atom. The minimum atomic E-state index is -0.481. The van der Waals surface area contributed by atoms with Gasteiger partial charge in [-0.3, -0.25) is 24.2 Å². The molecule has 4 aliphatic heterocycles. The first kappa shape index (κ1) is 42.3. The molecule has 3 amide bonds. The third kappa shape index (κ3) is 11.0. The number of aliphatic hydroxyl groups is 1. The first-order chi connectivity index (χ1) is 27.1. The van der Waals surface area contributed by atoms with Crippen molar-refractivity contribution in [2.45, 2.75) is 110 Å². The van der Waals surface area contributed by atoms with Crippen LogP contribution >= 0.6 is 0 Å². The van der Waals surface area contributed by atoms with Gasteiger partial charge in [-0.2, -0.15) is 0 Å². The number of piperazine rings is 2. The van der Waals surface area contributed by atoms with Crippen molar-refractivity contribution >= 4 is 17.7 Å². The number of carbonyl (C=O) groups is 3. The number of hydrogen-bond acceptors (Lipinski definition) is 7. The molecule has 2 aromatic carbocycles. The molecule has 0 aromatic heterocycles. The van der Waals surface area contributed by atoms with Crippen LogP contribution < -0.4 is 5.32 Å². The van der Waals surface area contributed by atoms with Crippen LogP contribution in [0.25, 0.3) is 0 Å². The molecule has 10 nitrogen and oxygen atoms in total. The van der Waals surface area contributed by atoms with Gasteiger partial charge >= 0.3 is 0 Å². The summed E-state index contributed by atoms with van der Waals surface area (Å²) in [6, 6.07) is 22.2. The Bertz CT molecular complexity index is 1490. The zero-order valence-corrected chi connectivity index (χ0v) is 34.7. The number of likely N-dealkylation sites (tertiary alicyclic amines) is 2. The maximum atomic E-state index is 13.5. The number of aliphatic hydroxyl groups excluding tert-OH is 1. The van der Waals surface area contributed by atoms with E-state index in [1.54, 1.807) is 6.92 Å². The van der Waals surface area contributed by atoms with Gasteiger partial charge in [0.1, 0.15) is 6.23 Å². The maximum Gasteiger partial charge on any atom is 0.223 e. The summed E-state index contributed by atoms with van der Waals surface area (Å²) < 4.78 is 0. The van der Waals surface area contributed by atoms with Crippen molar-refractivity contribution in [3.05, 3.63) is 71.8 Å². The second-order valence-electron chi connectivity index (χ2n) is 17.7. The summed E-state index contributed by atoms with van der Waals surface area (Å²) in [6.45, 7) is 16.5. The van der Waals surface area contributed by atoms with Gasteiger partial charge in [0.15, 0.2) is 0 Å². The second-order valence-corrected chi connectivity index (χ2v) is 17.7. The van der Waals surface area contributed by atoms with Gasteiger partial charge in [-0.15, -0.1) is 0 Å². The highest BCUT2D eigenvalue weighted by molar-refractivity contribution is 5.77. The number of nitrogens with zero attached hydrogens (tertiary/aromatic N) is 5. The molecule has 4 fully saturated rings. The number of nitrogens with one attached hydrogen (secondary N) is 1. The molecular weight excluding hydrogens is 701 g/mol. The van der Waals surface area contributed by atoms with Crippen LogP contribution in [0.5, 0.6) is 0 Å². The van der Waals surface area contributed by atoms with Crippen LogP contribution in [0.1, 0.15) is 103 Å². The molecule has 4 atom stereocenters. The summed E-state index contributed by atoms with van der Waals surface area (Å²) >= 11 is 0. The molecule has 4 saturated heterocycles. The third-order valence-electron chi connectivity index (χ3n) is 13.6. The fourth-order valence-electron chi connectivity index (χ4n) is 10.1. The highest BCUT2D eigenvalue weighted by Gasteiger charge is 2.38. The predicted octanol–water partition coefficient (Wildman–Crippen LogP) is 5.62. The monoisotopic (exact) mass is 771 g/mol. The SMILES string of the molecule is CC(=O)N1CCC(CC(=O)N2CCNCC2C(C)CCCC(=O)N2CCC(CC(O)N3CCN(C(c4ccccc4)c4ccccc4)C[C@@H]3C(C)C)CC2)CC1. The number of benzene rings is 2. The number of amides is 3. The van der Waals surface area contributed by atoms with Gasteiger partial charge in [0.25, 0.3) is 0 Å². The molecule has 4 heterocycles. The number of hydrogen-bond donors (Lipinski definition) is 2. The molecule has 3 unspecified atom stereocenters. The average Bonchev–Trinajstić information content (AvgIpc) is 3.22. The summed E-state index contributed by atoms with van der Waals surface area (Å²) in [4.78, 5) is 49.6. The van der Waals surface area contributed by atoms with Gasteiger partial charge in [0.2, 0.25) is 17.7 Å². The standard InChI is InChI=1S/C46H70N6O4/c1-34(2)42-33-50(46(39-13-7-5-8-14-39)40-15-9-6-10-16-40)28-29-52(42)45(56)31-38-20-25-49(26-21-38)43(54)17-11-12-35(3)41-32-47-22-27-51(41)44(55)30-37-18-23-48(24-19-37)36(4)53/h5-10,13-16,34-35,37-38,41-42,45-47,56H,11-12,17-33H2,1-4H3/t35?,41?,42-,45?/m1/s1. The maximum absolute atomic E-state index is 13.5. The molecular formula is C46H70N6O4. The van der Waals surface area contributed by atoms with Crippen LogP contribution in [0.2, 0.25) is 0 Å². The molecule has 0 radical (unpaired) electrons. The summed E-state index contributed by atoms with van der Waals surface area (Å²) in [5, 5.41) is 15.2. The van der Waals surface area contributed by atoms with Crippen LogP contribution in [-0.4, -0.2) is 131 Å². The molecule has 308 valence electrons. The van der Waals surface area contributed by atoms with E-state index >= 15 is 0 Å². The lowest BCUT2D eigenvalue weighted by atomic mass is 9.89. The molecule has 2 N–H and O–H groups in total. The number of rotatable bonds is 14. The van der Waals surface area contributed by atoms with E-state index < -0.39 is 6.23 Å². The van der Waals surface area contributed by atoms with Crippen molar-refractivity contribution in [2.75, 3.05) is 65.4 Å². The van der Waals surface area contributed by atoms with Crippen LogP contribution in [0, 0.1) is 23.7 Å². The van der Waals surface area contributed by atoms with Gasteiger partial charge < -0.3 is 25.1 Å². The quantitative estimate of drug-likeness (QED) is 0.258. The zero-order chi connectivity index (χ0) is 39.6. The Hall–Kier alpha value is -3.31. The van der Waals surface area contributed by atoms with Crippen molar-refractivity contribution < 1.29 is 19.5 Å². The van der Waals surface area contributed by atoms with Gasteiger partial charge in [-0.05, 0) is 79.7 Å². The number of piperidine rings is 2. The molecule has 0 aliphatic carbocycles. The normalized spacial score (nSPS) is 23.4. The smallest absolute Gasteiger partial charge is 0.223 e. The van der Waals surface area contributed by atoms with Gasteiger partial charge in [0, 0.05) is 97.3 Å². The molecule has 10 heteroatoms. The lowest BCUT2D eigenvalue weighted by molar-refractivity contribution is -0.138. The minimum Gasteiger partial charge on any atom is -0.378 e. The highest BCUT2D eigenvalue weighted by atomic mass is 16.3. The van der Waals surface area contributed by atoms with Crippen molar-refractivity contribution in [1.82, 2.24) is 29.8 Å². The minimum absolute atomic E-state index is 0.126. The fourth-order valence-corrected chi connectivity index (χ4v) is 10.1. The zero-order valence-electron chi connectivity index (χ0n) is 34.7. The van der Waals surface area contributed by atoms with Crippen LogP contribution in [0.3, 0.4) is 0 Å². The fraction of sp³-hybridized carbons (Fsp3) is 0.674. The largest absolute Gasteiger partial charge is 0.378 e. The van der Waals surface area contributed by atoms with Crippen molar-refractivity contribution in [2.24, 2.45) is 23.7 Å². The Morgan fingerprint density at radius 1 is 0.750 bits per heavy atom. The summed E-state index contributed by atoms with van der Waals surface area (Å²) in [5.74, 6) is 2.08. The molecule has 6 rings (SSSR count). The van der Waals surface area contributed by atoms with Crippen molar-refractivity contribution in [1.29, 1.82) is 0 Å². The van der Waals surface area contributed by atoms with E-state index in [0.717, 1.165) is 110 Å². The topological polar surface area (TPSA) is 99.7 Å². The van der Waals surface area contributed by atoms with E-state index in [2.05, 4.69) is 101 Å². The first-order valence-corrected chi connectivity index (χ1v) is 21.9. The summed E-state index contributed by atoms with van der Waals surface area (Å²) in [6.07, 6.45) is 6.83. The Morgan fingerprint density at radius 2 is 1.36 bits per heavy atom. The molecule has 2 aromatic rings. The van der Waals surface area contributed by atoms with Crippen LogP contribution in [-0.2, 0) is 14.4 Å². The third-order valence-corrected chi connectivity index (χ3v) is 13.6. The predicted molar refractivity (Wildman–Crippen MR) is 223 cm³/mol. The molecule has 4 aliphatic rings. The summed E-state index contributed by atoms with van der Waals surface area (Å²) in [7, 11) is 0. The second kappa shape index (κ2) is 20.4. The summed E-state index contributed by atoms with van der Waals surface area (Å²) in [5.41, 5.74) is 2.61. The molecule has 0 bridgehead atoms. The highest BCUT2D eigenvalue weighted by Crippen LogP contribution is 2.34. The Kier molecular flexibility index (Phi) is 15.4. The lowest BCUT2D eigenvalue weighted by Crippen LogP contribution is -2.59. The van der Waals surface area contributed by atoms with Gasteiger partial charge in [-0.1, -0.05) is 81.4 Å². The molecule has 56 heavy (non-hydrogen) atoms. The Labute approximate surface area is 337 Å². The average molecular weight is 771 g/mol. The van der Waals surface area contributed by atoms with Crippen molar-refractivity contribution in [3.63, 3.8) is 0 Å². The van der Waals surface area contributed by atoms with E-state index in [4.69, 9.17) is 0 Å². The van der Waals surface area contributed by atoms with E-state index in [1.807, 2.05) is 9.80 Å². The molecule has 0 spiro atoms. The Balaban J connectivity index is 0.929. The van der Waals surface area contributed by atoms with Gasteiger partial charge in [-0.25, -0.2) is 0 Å².